The molecular weight excluding hydrogens is 985 g/mol. The van der Waals surface area contributed by atoms with E-state index in [9.17, 15) is 0 Å². The van der Waals surface area contributed by atoms with E-state index in [0.717, 1.165) is 56.0 Å². The van der Waals surface area contributed by atoms with E-state index >= 15 is 0 Å². The molecule has 3 heterocycles. The summed E-state index contributed by atoms with van der Waals surface area (Å²) in [6.45, 7) is 18.9. The molecule has 0 bridgehead atoms. The third-order valence-electron chi connectivity index (χ3n) is 19.3. The van der Waals surface area contributed by atoms with E-state index in [2.05, 4.69) is 271 Å². The first-order chi connectivity index (χ1) is 39.3. The van der Waals surface area contributed by atoms with Crippen LogP contribution in [-0.2, 0) is 16.2 Å². The summed E-state index contributed by atoms with van der Waals surface area (Å²) in [5.41, 5.74) is 30.4. The Hall–Kier alpha value is -9.38. The fourth-order valence-corrected chi connectivity index (χ4v) is 15.3. The van der Waals surface area contributed by atoms with Crippen LogP contribution in [-0.4, -0.2) is 4.57 Å². The Morgan fingerprint density at radius 3 is 1.65 bits per heavy atom. The van der Waals surface area contributed by atoms with Gasteiger partial charge in [0.2, 0.25) is 0 Å². The van der Waals surface area contributed by atoms with Gasteiger partial charge in [0, 0.05) is 76.9 Å². The van der Waals surface area contributed by atoms with Crippen molar-refractivity contribution in [2.45, 2.75) is 71.6 Å². The van der Waals surface area contributed by atoms with Crippen molar-refractivity contribution < 1.29 is 8.83 Å². The van der Waals surface area contributed by atoms with Gasteiger partial charge >= 0.3 is 0 Å². The smallest absolute Gasteiger partial charge is 0.143 e. The minimum atomic E-state index is -0.345. The molecule has 0 saturated heterocycles. The fourth-order valence-electron chi connectivity index (χ4n) is 15.3. The fraction of sp³-hybridized carbons (Fsp3) is 0.143. The zero-order chi connectivity index (χ0) is 54.6. The van der Waals surface area contributed by atoms with Crippen molar-refractivity contribution >= 4 is 82.7 Å². The number of para-hydroxylation sites is 4. The topological polar surface area (TPSA) is 34.5 Å². The lowest BCUT2D eigenvalue weighted by Gasteiger charge is -2.30. The van der Waals surface area contributed by atoms with Crippen LogP contribution in [0.1, 0.15) is 86.1 Å². The summed E-state index contributed by atoms with van der Waals surface area (Å²) in [6, 6.07) is 77.2. The van der Waals surface area contributed by atoms with Crippen molar-refractivity contribution in [2.75, 3.05) is 4.90 Å². The van der Waals surface area contributed by atoms with E-state index in [1.54, 1.807) is 0 Å². The maximum atomic E-state index is 6.95. The van der Waals surface area contributed by atoms with Gasteiger partial charge in [0.25, 0.3) is 0 Å². The minimum Gasteiger partial charge on any atom is -0.456 e. The molecule has 388 valence electrons. The highest BCUT2D eigenvalue weighted by Gasteiger charge is 2.44. The molecule has 14 aromatic rings. The number of aromatic nitrogens is 1. The first-order valence-corrected chi connectivity index (χ1v) is 28.6. The van der Waals surface area contributed by atoms with Crippen molar-refractivity contribution in [3.8, 4) is 50.2 Å². The molecule has 4 nitrogen and oxygen atoms in total. The lowest BCUT2D eigenvalue weighted by atomic mass is 9.79. The number of furan rings is 2. The molecule has 0 N–H and O–H groups in total. The van der Waals surface area contributed by atoms with Gasteiger partial charge in [-0.25, -0.2) is 0 Å². The van der Waals surface area contributed by atoms with E-state index in [0.29, 0.717) is 0 Å². The Labute approximate surface area is 471 Å². The number of benzene rings is 11. The maximum Gasteiger partial charge on any atom is 0.143 e. The van der Waals surface area contributed by atoms with Crippen LogP contribution in [0.3, 0.4) is 0 Å². The molecule has 17 rings (SSSR count). The first kappa shape index (κ1) is 46.5. The van der Waals surface area contributed by atoms with Gasteiger partial charge in [0.15, 0.2) is 0 Å². The average Bonchev–Trinajstić information content (AvgIpc) is 3.42. The monoisotopic (exact) mass is 1040 g/mol. The molecule has 3 aliphatic rings. The molecular formula is C77H58N2O2. The van der Waals surface area contributed by atoms with Gasteiger partial charge in [0.05, 0.1) is 11.0 Å². The van der Waals surface area contributed by atoms with Gasteiger partial charge in [-0.05, 0) is 189 Å². The maximum absolute atomic E-state index is 6.95. The summed E-state index contributed by atoms with van der Waals surface area (Å²) < 4.78 is 15.9. The van der Waals surface area contributed by atoms with Gasteiger partial charge in [-0.3, -0.25) is 0 Å². The van der Waals surface area contributed by atoms with Crippen LogP contribution in [0.4, 0.5) is 17.1 Å². The summed E-state index contributed by atoms with van der Waals surface area (Å²) in [4.78, 5) is 2.52. The number of rotatable bonds is 5. The number of nitrogens with zero attached hydrogens (tertiary/aromatic N) is 2. The standard InChI is InChI=1S/C77H58N2O2/c1-43-26-30-49(44(2)36-43)57-41-64-70(73-54-22-14-17-25-68(54)81-74(57)73)52-32-28-48(39-61(52)77(64,7)8)78(46-29-34-66-56(37-46)51-20-12-15-23-65(51)79(66)45-18-10-9-11-19-45)47-27-31-50-55-40-63-58(42-62(55)76(5,6)60(50)38-47)71-59(75(63,3)4)33-35-69-72(71)53-21-13-16-24-67(53)80-69/h9-42H,1-8H3. The number of aryl methyl sites for hydroxylation is 2. The van der Waals surface area contributed by atoms with Crippen LogP contribution in [0.5, 0.6) is 0 Å². The van der Waals surface area contributed by atoms with Gasteiger partial charge in [-0.1, -0.05) is 156 Å². The van der Waals surface area contributed by atoms with Gasteiger partial charge in [0.1, 0.15) is 22.3 Å². The van der Waals surface area contributed by atoms with Crippen molar-refractivity contribution in [2.24, 2.45) is 0 Å². The van der Waals surface area contributed by atoms with Crippen LogP contribution in [0.15, 0.2) is 215 Å². The molecule has 0 aliphatic heterocycles. The van der Waals surface area contributed by atoms with Gasteiger partial charge < -0.3 is 18.3 Å². The zero-order valence-corrected chi connectivity index (χ0v) is 46.8. The molecule has 0 fully saturated rings. The van der Waals surface area contributed by atoms with E-state index in [-0.39, 0.29) is 16.2 Å². The molecule has 0 atom stereocenters. The summed E-state index contributed by atoms with van der Waals surface area (Å²) in [6.07, 6.45) is 0. The summed E-state index contributed by atoms with van der Waals surface area (Å²) in [5, 5.41) is 7.17. The highest BCUT2D eigenvalue weighted by atomic mass is 16.3. The van der Waals surface area contributed by atoms with E-state index in [1.807, 2.05) is 0 Å². The van der Waals surface area contributed by atoms with Crippen LogP contribution in [0.25, 0.3) is 116 Å². The average molecular weight is 1040 g/mol. The van der Waals surface area contributed by atoms with E-state index in [1.165, 1.54) is 121 Å². The predicted molar refractivity (Wildman–Crippen MR) is 338 cm³/mol. The molecule has 4 heteroatoms. The Balaban J connectivity index is 0.873. The molecule has 11 aromatic carbocycles. The second-order valence-corrected chi connectivity index (χ2v) is 24.9. The van der Waals surface area contributed by atoms with E-state index in [4.69, 9.17) is 8.83 Å². The van der Waals surface area contributed by atoms with Crippen molar-refractivity contribution in [3.63, 3.8) is 0 Å². The third kappa shape index (κ3) is 6.15. The molecule has 81 heavy (non-hydrogen) atoms. The van der Waals surface area contributed by atoms with Crippen molar-refractivity contribution in [1.29, 1.82) is 0 Å². The molecule has 0 saturated carbocycles. The predicted octanol–water partition coefficient (Wildman–Crippen LogP) is 21.3. The Kier molecular flexibility index (Phi) is 9.15. The molecule has 3 aromatic heterocycles. The van der Waals surface area contributed by atoms with Crippen LogP contribution in [0.2, 0.25) is 0 Å². The highest BCUT2D eigenvalue weighted by Crippen LogP contribution is 2.60. The third-order valence-corrected chi connectivity index (χ3v) is 19.3. The summed E-state index contributed by atoms with van der Waals surface area (Å²) in [7, 11) is 0. The SMILES string of the molecule is Cc1ccc(-c2cc3c(c4c2oc2ccccc24)-c2ccc(N(c4ccc5c(c4)C(C)(C)c4cc6c(cc4-5)C(C)(C)c4ccc5oc7ccccc7c5c4-6)c4ccc5c(c4)c4ccccc4n5-c4ccccc4)cc2C3(C)C)c(C)c1. The lowest BCUT2D eigenvalue weighted by Crippen LogP contribution is -2.18. The van der Waals surface area contributed by atoms with Crippen molar-refractivity contribution in [1.82, 2.24) is 4.57 Å². The molecule has 0 radical (unpaired) electrons. The molecule has 0 spiro atoms. The molecule has 0 unspecified atom stereocenters. The largest absolute Gasteiger partial charge is 0.456 e. The quantitative estimate of drug-likeness (QED) is 0.172. The lowest BCUT2D eigenvalue weighted by molar-refractivity contribution is 0.651. The number of hydrogen-bond donors (Lipinski definition) is 0. The first-order valence-electron chi connectivity index (χ1n) is 28.6. The Bertz CT molecular complexity index is 5110. The zero-order valence-electron chi connectivity index (χ0n) is 46.8. The second kappa shape index (κ2) is 15.9. The molecule has 0 amide bonds. The van der Waals surface area contributed by atoms with Crippen LogP contribution >= 0.6 is 0 Å². The Morgan fingerprint density at radius 1 is 0.346 bits per heavy atom. The number of hydrogen-bond acceptors (Lipinski definition) is 3. The normalized spacial score (nSPS) is 15.0. The van der Waals surface area contributed by atoms with Crippen LogP contribution in [0, 0.1) is 13.8 Å². The van der Waals surface area contributed by atoms with Crippen molar-refractivity contribution in [3.05, 3.63) is 251 Å². The summed E-state index contributed by atoms with van der Waals surface area (Å²) in [5.74, 6) is 0. The highest BCUT2D eigenvalue weighted by molar-refractivity contribution is 6.20. The number of anilines is 3. The van der Waals surface area contributed by atoms with Crippen LogP contribution < -0.4 is 4.90 Å². The number of fused-ring (bicyclic) bond motifs is 20. The minimum absolute atomic E-state index is 0.198. The van der Waals surface area contributed by atoms with E-state index < -0.39 is 0 Å². The second-order valence-electron chi connectivity index (χ2n) is 24.9. The van der Waals surface area contributed by atoms with Gasteiger partial charge in [-0.15, -0.1) is 0 Å². The molecule has 3 aliphatic carbocycles. The Morgan fingerprint density at radius 2 is 0.889 bits per heavy atom. The summed E-state index contributed by atoms with van der Waals surface area (Å²) >= 11 is 0. The van der Waals surface area contributed by atoms with Gasteiger partial charge in [-0.2, -0.15) is 0 Å².